The first-order valence-corrected chi connectivity index (χ1v) is 9.76. The van der Waals surface area contributed by atoms with Gasteiger partial charge >= 0.3 is 0 Å². The Balaban J connectivity index is 2.14. The predicted molar refractivity (Wildman–Crippen MR) is 114 cm³/mol. The van der Waals surface area contributed by atoms with Crippen molar-refractivity contribution < 1.29 is 14.7 Å². The molecule has 0 spiro atoms. The number of carbonyl (C=O) groups is 2. The molecule has 0 aromatic heterocycles. The number of rotatable bonds is 9. The Hall–Kier alpha value is -2.93. The first-order valence-electron chi connectivity index (χ1n) is 9.76. The molecule has 1 saturated carbocycles. The largest absolute Gasteiger partial charge is 0.403 e. The molecular formula is C22H30N4O3. The van der Waals surface area contributed by atoms with Crippen molar-refractivity contribution in [2.75, 3.05) is 0 Å². The Labute approximate surface area is 171 Å². The first-order chi connectivity index (χ1) is 13.8. The molecule has 0 bridgehead atoms. The predicted octanol–water partition coefficient (Wildman–Crippen LogP) is 1.64. The third-order valence-corrected chi connectivity index (χ3v) is 4.99. The van der Waals surface area contributed by atoms with Crippen molar-refractivity contribution in [3.8, 4) is 0 Å². The van der Waals surface area contributed by atoms with Crippen molar-refractivity contribution in [3.05, 3.63) is 59.9 Å². The molecule has 1 aliphatic rings. The summed E-state index contributed by atoms with van der Waals surface area (Å²) < 4.78 is 0. The Bertz CT molecular complexity index is 802. The van der Waals surface area contributed by atoms with Gasteiger partial charge in [-0.05, 0) is 18.4 Å². The third kappa shape index (κ3) is 6.29. The third-order valence-electron chi connectivity index (χ3n) is 4.99. The highest BCUT2D eigenvalue weighted by atomic mass is 16.3. The van der Waals surface area contributed by atoms with Gasteiger partial charge in [0.05, 0.1) is 5.57 Å². The molecule has 3 atom stereocenters. The second kappa shape index (κ2) is 10.0. The summed E-state index contributed by atoms with van der Waals surface area (Å²) in [6.07, 6.45) is 6.41. The molecule has 1 fully saturated rings. The number of nitrogens with zero attached hydrogens (tertiary/aromatic N) is 1. The summed E-state index contributed by atoms with van der Waals surface area (Å²) in [6, 6.07) is 8.57. The number of benzene rings is 1. The monoisotopic (exact) mass is 398 g/mol. The lowest BCUT2D eigenvalue weighted by Crippen LogP contribution is -2.52. The van der Waals surface area contributed by atoms with Crippen LogP contribution < -0.4 is 16.4 Å². The highest BCUT2D eigenvalue weighted by Crippen LogP contribution is 2.46. The lowest BCUT2D eigenvalue weighted by atomic mass is 10.0. The number of hydrogen-bond acceptors (Lipinski definition) is 5. The number of carbonyl (C=O) groups excluding carboxylic acids is 2. The van der Waals surface area contributed by atoms with E-state index < -0.39 is 23.6 Å². The van der Waals surface area contributed by atoms with Gasteiger partial charge in [0, 0.05) is 37.4 Å². The summed E-state index contributed by atoms with van der Waals surface area (Å²) in [4.78, 5) is 29.5. The lowest BCUT2D eigenvalue weighted by molar-refractivity contribution is -0.130. The van der Waals surface area contributed by atoms with Gasteiger partial charge in [-0.3, -0.25) is 14.6 Å². The smallest absolute Gasteiger partial charge is 0.253 e. The maximum Gasteiger partial charge on any atom is 0.253 e. The highest BCUT2D eigenvalue weighted by Gasteiger charge is 2.55. The number of hydrogen-bond donors (Lipinski definition) is 4. The Morgan fingerprint density at radius 2 is 2.03 bits per heavy atom. The van der Waals surface area contributed by atoms with Crippen LogP contribution >= 0.6 is 0 Å². The molecule has 5 N–H and O–H groups in total. The van der Waals surface area contributed by atoms with E-state index in [1.165, 1.54) is 18.6 Å². The molecule has 156 valence electrons. The number of aliphatic imine (C=N–C) groups is 1. The molecule has 2 unspecified atom stereocenters. The van der Waals surface area contributed by atoms with Crippen LogP contribution in [0.2, 0.25) is 0 Å². The summed E-state index contributed by atoms with van der Waals surface area (Å²) in [5.41, 5.74) is 5.24. The fraction of sp³-hybridized carbons (Fsp3) is 0.409. The van der Waals surface area contributed by atoms with E-state index in [-0.39, 0.29) is 11.8 Å². The van der Waals surface area contributed by atoms with Crippen LogP contribution in [0.4, 0.5) is 0 Å². The van der Waals surface area contributed by atoms with Gasteiger partial charge in [-0.2, -0.15) is 0 Å². The number of allylic oxidation sites excluding steroid dienone is 1. The molecule has 0 heterocycles. The van der Waals surface area contributed by atoms with E-state index in [2.05, 4.69) is 15.6 Å². The minimum atomic E-state index is -1.21. The van der Waals surface area contributed by atoms with Gasteiger partial charge in [-0.15, -0.1) is 0 Å². The van der Waals surface area contributed by atoms with Crippen LogP contribution in [0.5, 0.6) is 0 Å². The molecule has 29 heavy (non-hydrogen) atoms. The second-order valence-electron chi connectivity index (χ2n) is 7.55. The van der Waals surface area contributed by atoms with E-state index >= 15 is 0 Å². The van der Waals surface area contributed by atoms with Crippen LogP contribution in [0.25, 0.3) is 0 Å². The molecule has 1 aromatic carbocycles. The van der Waals surface area contributed by atoms with E-state index in [9.17, 15) is 14.7 Å². The zero-order valence-electron chi connectivity index (χ0n) is 17.1. The van der Waals surface area contributed by atoms with Gasteiger partial charge in [-0.1, -0.05) is 50.3 Å². The number of amides is 2. The molecular weight excluding hydrogens is 368 g/mol. The molecule has 2 amide bonds. The Morgan fingerprint density at radius 3 is 2.59 bits per heavy atom. The van der Waals surface area contributed by atoms with E-state index in [4.69, 9.17) is 5.73 Å². The lowest BCUT2D eigenvalue weighted by Gasteiger charge is -2.22. The number of nitrogens with one attached hydrogen (secondary N) is 2. The van der Waals surface area contributed by atoms with Gasteiger partial charge in [-0.25, -0.2) is 0 Å². The first kappa shape index (κ1) is 22.4. The van der Waals surface area contributed by atoms with Crippen LogP contribution in [0.3, 0.4) is 0 Å². The maximum atomic E-state index is 12.9. The van der Waals surface area contributed by atoms with Crippen molar-refractivity contribution >= 4 is 18.0 Å². The standard InChI is InChI=1S/C22H30N4O3/c1-4-17(14-24-11-10-23)20(27)25-19(12-16-8-6-5-7-9-16)21(28)26-22(29)13-18(22)15(2)3/h4-11,14-15,18-19,29H,12-13,23H2,1-3H3,(H,25,27)(H,26,28)/b11-10-,17-4+,24-14-/t18?,19-,22?/m0/s1. The maximum absolute atomic E-state index is 12.9. The normalized spacial score (nSPS) is 22.8. The zero-order chi connectivity index (χ0) is 21.4. The molecule has 0 radical (unpaired) electrons. The van der Waals surface area contributed by atoms with E-state index in [0.29, 0.717) is 18.4 Å². The Kier molecular flexibility index (Phi) is 7.73. The van der Waals surface area contributed by atoms with Gasteiger partial charge in [0.15, 0.2) is 0 Å². The fourth-order valence-corrected chi connectivity index (χ4v) is 3.25. The molecule has 7 nitrogen and oxygen atoms in total. The topological polar surface area (TPSA) is 117 Å². The highest BCUT2D eigenvalue weighted by molar-refractivity contribution is 6.13. The summed E-state index contributed by atoms with van der Waals surface area (Å²) >= 11 is 0. The van der Waals surface area contributed by atoms with Crippen LogP contribution in [0.15, 0.2) is 59.4 Å². The molecule has 0 saturated heterocycles. The average molecular weight is 399 g/mol. The van der Waals surface area contributed by atoms with Crippen molar-refractivity contribution in [2.45, 2.75) is 45.4 Å². The van der Waals surface area contributed by atoms with Gasteiger partial charge in [0.25, 0.3) is 5.91 Å². The summed E-state index contributed by atoms with van der Waals surface area (Å²) in [5, 5.41) is 16.1. The van der Waals surface area contributed by atoms with E-state index in [1.807, 2.05) is 44.2 Å². The van der Waals surface area contributed by atoms with Crippen molar-refractivity contribution in [1.82, 2.24) is 10.6 Å². The van der Waals surface area contributed by atoms with E-state index in [0.717, 1.165) is 5.56 Å². The minimum Gasteiger partial charge on any atom is -0.403 e. The van der Waals surface area contributed by atoms with Gasteiger partial charge in [0.2, 0.25) is 5.91 Å². The number of aliphatic hydroxyl groups is 1. The van der Waals surface area contributed by atoms with Crippen molar-refractivity contribution in [2.24, 2.45) is 22.6 Å². The molecule has 7 heteroatoms. The Morgan fingerprint density at radius 1 is 1.34 bits per heavy atom. The van der Waals surface area contributed by atoms with Gasteiger partial charge in [0.1, 0.15) is 11.8 Å². The van der Waals surface area contributed by atoms with Crippen LogP contribution in [-0.2, 0) is 16.0 Å². The molecule has 1 aliphatic carbocycles. The minimum absolute atomic E-state index is 0.0146. The van der Waals surface area contributed by atoms with Crippen LogP contribution in [0, 0.1) is 11.8 Å². The zero-order valence-corrected chi connectivity index (χ0v) is 17.1. The molecule has 2 rings (SSSR count). The second-order valence-corrected chi connectivity index (χ2v) is 7.55. The summed E-state index contributed by atoms with van der Waals surface area (Å²) in [7, 11) is 0. The van der Waals surface area contributed by atoms with Crippen LogP contribution in [0.1, 0.15) is 32.8 Å². The average Bonchev–Trinajstić information content (AvgIpc) is 3.36. The summed E-state index contributed by atoms with van der Waals surface area (Å²) in [5.74, 6) is -0.576. The van der Waals surface area contributed by atoms with E-state index in [1.54, 1.807) is 13.0 Å². The quantitative estimate of drug-likeness (QED) is 0.287. The summed E-state index contributed by atoms with van der Waals surface area (Å²) in [6.45, 7) is 5.72. The van der Waals surface area contributed by atoms with Gasteiger partial charge < -0.3 is 21.5 Å². The van der Waals surface area contributed by atoms with Crippen LogP contribution in [-0.4, -0.2) is 34.9 Å². The molecule has 0 aliphatic heterocycles. The van der Waals surface area contributed by atoms with Crippen molar-refractivity contribution in [1.29, 1.82) is 0 Å². The number of nitrogens with two attached hydrogens (primary N) is 1. The molecule has 1 aromatic rings. The van der Waals surface area contributed by atoms with Crippen molar-refractivity contribution in [3.63, 3.8) is 0 Å². The SMILES string of the molecule is C\C=C(/C=N\C=C/N)C(=O)N[C@@H](Cc1ccccc1)C(=O)NC1(O)CC1C(C)C. The fourth-order valence-electron chi connectivity index (χ4n) is 3.25.